The van der Waals surface area contributed by atoms with E-state index in [1.807, 2.05) is 0 Å². The minimum absolute atomic E-state index is 0. The largest absolute Gasteiger partial charge is 0.463 e. The second-order valence-electron chi connectivity index (χ2n) is 21.3. The summed E-state index contributed by atoms with van der Waals surface area (Å²) in [7, 11) is 0. The minimum atomic E-state index is -3.62. The van der Waals surface area contributed by atoms with Crippen LogP contribution < -0.4 is 0 Å². The first-order chi connectivity index (χ1) is 31.1. The molecule has 0 aromatic carbocycles. The number of halogens is 6. The number of carbonyl (C=O) groups excluding carboxylic acids is 6. The lowest BCUT2D eigenvalue weighted by atomic mass is 9.44. The van der Waals surface area contributed by atoms with Crippen LogP contribution >= 0.6 is 0 Å². The van der Waals surface area contributed by atoms with E-state index in [1.165, 1.54) is 6.42 Å². The number of alkyl halides is 6. The maximum absolute atomic E-state index is 12.7. The minimum Gasteiger partial charge on any atom is -0.463 e. The number of hydrogen-bond donors (Lipinski definition) is 3. The van der Waals surface area contributed by atoms with Crippen LogP contribution in [0.15, 0.2) is 0 Å². The molecule has 9 fully saturated rings. The Labute approximate surface area is 415 Å². The molecule has 9 aliphatic rings. The number of aliphatic hydroxyl groups is 3. The molecule has 414 valence electrons. The smallest absolute Gasteiger partial charge is 0.377 e. The van der Waals surface area contributed by atoms with E-state index in [0.717, 1.165) is 89.9 Å². The zero-order chi connectivity index (χ0) is 49.6. The lowest BCUT2D eigenvalue weighted by molar-refractivity contribution is -0.191. The topological polar surface area (TPSA) is 218 Å². The maximum atomic E-state index is 12.7. The van der Waals surface area contributed by atoms with Gasteiger partial charge in [-0.15, -0.1) is 0 Å². The van der Waals surface area contributed by atoms with Crippen molar-refractivity contribution < 1.29 is 98.9 Å². The molecule has 9 saturated carbocycles. The average molecular weight is 1040 g/mol. The van der Waals surface area contributed by atoms with Crippen LogP contribution in [0.1, 0.15) is 153 Å². The van der Waals surface area contributed by atoms with Crippen molar-refractivity contribution in [1.29, 1.82) is 0 Å². The number of carbonyl (C=O) groups is 6. The van der Waals surface area contributed by atoms with Crippen LogP contribution in [0.2, 0.25) is 0 Å². The fourth-order valence-electron chi connectivity index (χ4n) is 12.7. The highest BCUT2D eigenvalue weighted by atomic mass is 19.3. The van der Waals surface area contributed by atoms with Gasteiger partial charge in [0.05, 0.1) is 25.4 Å². The van der Waals surface area contributed by atoms with Gasteiger partial charge in [-0.25, -0.2) is 28.8 Å². The average Bonchev–Trinajstić information content (AvgIpc) is 3.22. The molecule has 0 radical (unpaired) electrons. The monoisotopic (exact) mass is 1040 g/mol. The first kappa shape index (κ1) is 65.3. The Hall–Kier alpha value is -3.72. The number of hydrogen-bond acceptors (Lipinski definition) is 15. The van der Waals surface area contributed by atoms with Crippen molar-refractivity contribution in [3.63, 3.8) is 0 Å². The van der Waals surface area contributed by atoms with E-state index in [0.29, 0.717) is 56.8 Å². The van der Waals surface area contributed by atoms with E-state index >= 15 is 0 Å². The van der Waals surface area contributed by atoms with Gasteiger partial charge in [0, 0.05) is 44.8 Å². The van der Waals surface area contributed by atoms with Crippen LogP contribution in [-0.4, -0.2) is 127 Å². The van der Waals surface area contributed by atoms with Crippen molar-refractivity contribution in [3.8, 4) is 0 Å². The van der Waals surface area contributed by atoms with Gasteiger partial charge in [-0.05, 0) is 144 Å². The SMILES string of the molecule is C.C.C.C.CC(F)(F)C(=O)OCC(=O)OCC12CC3CC(CC(CO)(C3)C1)C2.CC(F)(F)C(=O)OCC(=O)OCC12CC3CC(CC(O)(C3)C1)C2.CC(F)(F)C(=O)OCC(=O)OCC1CCC(CO)CC1. The van der Waals surface area contributed by atoms with Crippen molar-refractivity contribution in [3.05, 3.63) is 0 Å². The molecule has 8 bridgehead atoms. The molecule has 15 nitrogen and oxygen atoms in total. The Balaban J connectivity index is 0.000000520. The number of aliphatic hydroxyl groups excluding tert-OH is 2. The zero-order valence-electron chi connectivity index (χ0n) is 38.4. The summed E-state index contributed by atoms with van der Waals surface area (Å²) in [5.74, 6) is -15.9. The van der Waals surface area contributed by atoms with Gasteiger partial charge in [-0.3, -0.25) is 0 Å². The summed E-state index contributed by atoms with van der Waals surface area (Å²) in [6.45, 7) is -0.271. The first-order valence-corrected chi connectivity index (χ1v) is 23.1. The van der Waals surface area contributed by atoms with Crippen LogP contribution in [0.5, 0.6) is 0 Å². The second kappa shape index (κ2) is 26.0. The molecule has 9 aliphatic carbocycles. The molecule has 21 heteroatoms. The Morgan fingerprint density at radius 3 is 1.14 bits per heavy atom. The fraction of sp³-hybridized carbons (Fsp3) is 0.880. The van der Waals surface area contributed by atoms with E-state index < -0.39 is 79.0 Å². The Kier molecular flexibility index (Phi) is 23.9. The molecule has 0 heterocycles. The molecule has 3 N–H and O–H groups in total. The summed E-state index contributed by atoms with van der Waals surface area (Å²) >= 11 is 0. The van der Waals surface area contributed by atoms with Gasteiger partial charge >= 0.3 is 53.6 Å². The standard InChI is InChI=1S/C17H24F2O5.C16H22F2O5.C13H20F2O5.4CH4/c1-15(18,19)14(22)23-7-13(21)24-10-17-5-11-2-12(6-17)4-16(3-11,8-17)9-20;1-14(17,18)13(20)22-7-12(19)23-9-15-3-10-2-11(4-15)6-16(21,5-10)8-15;1-13(14,15)12(18)20-8-11(17)19-7-10-4-2-9(6-16)3-5-10;;;;/h11-12,20H,2-10H2,1H3;10-11,21H,2-9H2,1H3;9-10,16H,2-8H2,1H3;4*1H4. The second-order valence-corrected chi connectivity index (χ2v) is 21.3. The Morgan fingerprint density at radius 1 is 0.479 bits per heavy atom. The predicted octanol–water partition coefficient (Wildman–Crippen LogP) is 8.44. The van der Waals surface area contributed by atoms with Crippen LogP contribution in [0.25, 0.3) is 0 Å². The molecule has 0 aliphatic heterocycles. The highest BCUT2D eigenvalue weighted by molar-refractivity contribution is 5.81. The summed E-state index contributed by atoms with van der Waals surface area (Å²) in [5, 5.41) is 29.4. The van der Waals surface area contributed by atoms with Crippen molar-refractivity contribution in [2.24, 2.45) is 51.8 Å². The molecule has 71 heavy (non-hydrogen) atoms. The lowest BCUT2D eigenvalue weighted by Gasteiger charge is -2.61. The molecule has 0 aromatic heterocycles. The summed E-state index contributed by atoms with van der Waals surface area (Å²) in [5.41, 5.74) is -1.03. The third kappa shape index (κ3) is 18.6. The molecular formula is C50H82F6O15. The van der Waals surface area contributed by atoms with Crippen molar-refractivity contribution in [2.45, 2.75) is 177 Å². The van der Waals surface area contributed by atoms with Gasteiger partial charge in [-0.1, -0.05) is 29.7 Å². The van der Waals surface area contributed by atoms with Gasteiger partial charge < -0.3 is 43.7 Å². The number of ether oxygens (including phenoxy) is 6. The Morgan fingerprint density at radius 2 is 0.803 bits per heavy atom. The molecule has 0 amide bonds. The first-order valence-electron chi connectivity index (χ1n) is 23.1. The van der Waals surface area contributed by atoms with Gasteiger partial charge in [0.2, 0.25) is 0 Å². The number of rotatable bonds is 17. The highest BCUT2D eigenvalue weighted by Gasteiger charge is 2.59. The van der Waals surface area contributed by atoms with E-state index in [-0.39, 0.29) is 84.9 Å². The van der Waals surface area contributed by atoms with Gasteiger partial charge in [-0.2, -0.15) is 26.3 Å². The molecule has 0 aromatic rings. The van der Waals surface area contributed by atoms with E-state index in [9.17, 15) is 65.3 Å². The maximum Gasteiger partial charge on any atom is 0.377 e. The van der Waals surface area contributed by atoms with E-state index in [1.54, 1.807) is 0 Å². The van der Waals surface area contributed by atoms with E-state index in [4.69, 9.17) is 19.3 Å². The van der Waals surface area contributed by atoms with Crippen LogP contribution in [-0.2, 0) is 57.2 Å². The molecular weight excluding hydrogens is 955 g/mol. The van der Waals surface area contributed by atoms with Gasteiger partial charge in [0.25, 0.3) is 0 Å². The summed E-state index contributed by atoms with van der Waals surface area (Å²) in [4.78, 5) is 67.2. The summed E-state index contributed by atoms with van der Waals surface area (Å²) in [6.07, 6.45) is 14.8. The molecule has 0 saturated heterocycles. The molecule has 0 spiro atoms. The quantitative estimate of drug-likeness (QED) is 0.0707. The van der Waals surface area contributed by atoms with Crippen LogP contribution in [0, 0.1) is 51.8 Å². The summed E-state index contributed by atoms with van der Waals surface area (Å²) in [6, 6.07) is 0. The van der Waals surface area contributed by atoms with Crippen LogP contribution in [0.3, 0.4) is 0 Å². The zero-order valence-corrected chi connectivity index (χ0v) is 38.4. The Bertz CT molecular complexity index is 1740. The van der Waals surface area contributed by atoms with Gasteiger partial charge in [0.1, 0.15) is 0 Å². The summed E-state index contributed by atoms with van der Waals surface area (Å²) < 4.78 is 104. The fourth-order valence-corrected chi connectivity index (χ4v) is 12.7. The number of esters is 6. The molecule has 9 rings (SSSR count). The third-order valence-electron chi connectivity index (χ3n) is 14.6. The third-order valence-corrected chi connectivity index (χ3v) is 14.6. The van der Waals surface area contributed by atoms with Crippen molar-refractivity contribution >= 4 is 35.8 Å². The van der Waals surface area contributed by atoms with E-state index in [2.05, 4.69) is 14.2 Å². The molecule has 4 unspecified atom stereocenters. The molecule has 4 atom stereocenters. The normalized spacial score (nSPS) is 31.6. The van der Waals surface area contributed by atoms with Crippen LogP contribution in [0.4, 0.5) is 26.3 Å². The van der Waals surface area contributed by atoms with Crippen molar-refractivity contribution in [1.82, 2.24) is 0 Å². The predicted molar refractivity (Wildman–Crippen MR) is 246 cm³/mol. The van der Waals surface area contributed by atoms with Gasteiger partial charge in [0.15, 0.2) is 19.8 Å². The lowest BCUT2D eigenvalue weighted by Crippen LogP contribution is -2.57. The highest BCUT2D eigenvalue weighted by Crippen LogP contribution is 2.65. The van der Waals surface area contributed by atoms with Crippen molar-refractivity contribution in [2.75, 3.05) is 52.9 Å².